The number of carboxylic acid groups (broad SMARTS) is 1. The summed E-state index contributed by atoms with van der Waals surface area (Å²) >= 11 is 0. The number of urea groups is 1. The lowest BCUT2D eigenvalue weighted by molar-refractivity contribution is -0.142. The highest BCUT2D eigenvalue weighted by Crippen LogP contribution is 2.22. The Kier molecular flexibility index (Phi) is 6.12. The molecule has 1 aliphatic heterocycles. The molecule has 0 bridgehead atoms. The third-order valence-electron chi connectivity index (χ3n) is 3.70. The highest BCUT2D eigenvalue weighted by molar-refractivity contribution is 5.77. The predicted octanol–water partition coefficient (Wildman–Crippen LogP) is 2.17. The largest absolute Gasteiger partial charge is 0.481 e. The Bertz CT molecular complexity index is 318. The van der Waals surface area contributed by atoms with Gasteiger partial charge in [-0.2, -0.15) is 0 Å². The quantitative estimate of drug-likeness (QED) is 0.727. The van der Waals surface area contributed by atoms with Gasteiger partial charge in [0.1, 0.15) is 0 Å². The molecule has 5 nitrogen and oxygen atoms in total. The fourth-order valence-electron chi connectivity index (χ4n) is 2.44. The van der Waals surface area contributed by atoms with Gasteiger partial charge in [0.25, 0.3) is 0 Å². The Morgan fingerprint density at radius 2 is 2.00 bits per heavy atom. The van der Waals surface area contributed by atoms with Crippen molar-refractivity contribution in [2.24, 2.45) is 17.8 Å². The molecular formula is C14H26N2O3. The van der Waals surface area contributed by atoms with Crippen molar-refractivity contribution in [3.63, 3.8) is 0 Å². The molecule has 2 amide bonds. The molecule has 1 aliphatic rings. The van der Waals surface area contributed by atoms with E-state index < -0.39 is 11.9 Å². The zero-order chi connectivity index (χ0) is 14.4. The third kappa shape index (κ3) is 5.09. The van der Waals surface area contributed by atoms with Crippen molar-refractivity contribution < 1.29 is 14.7 Å². The summed E-state index contributed by atoms with van der Waals surface area (Å²) in [6, 6.07) is -0.125. The summed E-state index contributed by atoms with van der Waals surface area (Å²) in [5.41, 5.74) is 0. The standard InChI is InChI=1S/C14H26N2O3/c1-10(2)6-4-5-7-15-14(19)16-8-11(3)12(9-16)13(17)18/h10-12H,4-9H2,1-3H3,(H,15,19)(H,17,18). The predicted molar refractivity (Wildman–Crippen MR) is 74.0 cm³/mol. The highest BCUT2D eigenvalue weighted by Gasteiger charge is 2.36. The topological polar surface area (TPSA) is 69.6 Å². The van der Waals surface area contributed by atoms with Crippen molar-refractivity contribution in [3.8, 4) is 0 Å². The van der Waals surface area contributed by atoms with E-state index in [1.807, 2.05) is 6.92 Å². The van der Waals surface area contributed by atoms with Crippen LogP contribution >= 0.6 is 0 Å². The number of carboxylic acids is 1. The zero-order valence-corrected chi connectivity index (χ0v) is 12.2. The van der Waals surface area contributed by atoms with Crippen LogP contribution in [0.5, 0.6) is 0 Å². The minimum atomic E-state index is -0.806. The fraction of sp³-hybridized carbons (Fsp3) is 0.857. The molecule has 2 unspecified atom stereocenters. The van der Waals surface area contributed by atoms with E-state index in [1.165, 1.54) is 6.42 Å². The second kappa shape index (κ2) is 7.36. The van der Waals surface area contributed by atoms with Gasteiger partial charge in [-0.05, 0) is 18.3 Å². The van der Waals surface area contributed by atoms with Crippen molar-refractivity contribution in [2.45, 2.75) is 40.0 Å². The third-order valence-corrected chi connectivity index (χ3v) is 3.70. The number of carbonyl (C=O) groups is 2. The number of nitrogens with one attached hydrogen (secondary N) is 1. The van der Waals surface area contributed by atoms with Crippen LogP contribution in [0.1, 0.15) is 40.0 Å². The van der Waals surface area contributed by atoms with E-state index in [-0.39, 0.29) is 11.9 Å². The molecule has 0 aromatic carbocycles. The zero-order valence-electron chi connectivity index (χ0n) is 12.2. The first kappa shape index (κ1) is 15.8. The summed E-state index contributed by atoms with van der Waals surface area (Å²) in [6.07, 6.45) is 3.28. The van der Waals surface area contributed by atoms with Gasteiger partial charge in [0.15, 0.2) is 0 Å². The smallest absolute Gasteiger partial charge is 0.317 e. The molecule has 0 aliphatic carbocycles. The fourth-order valence-corrected chi connectivity index (χ4v) is 2.44. The van der Waals surface area contributed by atoms with E-state index in [0.717, 1.165) is 12.8 Å². The molecule has 0 aromatic rings. The van der Waals surface area contributed by atoms with Crippen LogP contribution < -0.4 is 5.32 Å². The van der Waals surface area contributed by atoms with Gasteiger partial charge in [0, 0.05) is 19.6 Å². The highest BCUT2D eigenvalue weighted by atomic mass is 16.4. The Labute approximate surface area is 115 Å². The molecule has 5 heteroatoms. The Morgan fingerprint density at radius 3 is 2.53 bits per heavy atom. The number of aliphatic carboxylic acids is 1. The van der Waals surface area contributed by atoms with Gasteiger partial charge in [0.2, 0.25) is 0 Å². The molecule has 110 valence electrons. The van der Waals surface area contributed by atoms with Crippen LogP contribution in [0.15, 0.2) is 0 Å². The number of likely N-dealkylation sites (tertiary alicyclic amines) is 1. The van der Waals surface area contributed by atoms with E-state index >= 15 is 0 Å². The Morgan fingerprint density at radius 1 is 1.32 bits per heavy atom. The van der Waals surface area contributed by atoms with E-state index in [4.69, 9.17) is 5.11 Å². The average molecular weight is 270 g/mol. The van der Waals surface area contributed by atoms with Gasteiger partial charge < -0.3 is 15.3 Å². The first-order valence-corrected chi connectivity index (χ1v) is 7.17. The molecule has 2 atom stereocenters. The van der Waals surface area contributed by atoms with Gasteiger partial charge in [-0.3, -0.25) is 4.79 Å². The maximum absolute atomic E-state index is 11.9. The van der Waals surface area contributed by atoms with E-state index in [9.17, 15) is 9.59 Å². The van der Waals surface area contributed by atoms with Crippen molar-refractivity contribution in [3.05, 3.63) is 0 Å². The molecule has 1 saturated heterocycles. The first-order valence-electron chi connectivity index (χ1n) is 7.17. The lowest BCUT2D eigenvalue weighted by Gasteiger charge is -2.16. The average Bonchev–Trinajstić information content (AvgIpc) is 2.70. The number of rotatable bonds is 6. The van der Waals surface area contributed by atoms with E-state index in [1.54, 1.807) is 4.90 Å². The molecule has 1 heterocycles. The molecule has 2 N–H and O–H groups in total. The molecule has 0 aromatic heterocycles. The second-order valence-electron chi connectivity index (χ2n) is 5.95. The molecular weight excluding hydrogens is 244 g/mol. The summed E-state index contributed by atoms with van der Waals surface area (Å²) in [6.45, 7) is 7.80. The molecule has 0 spiro atoms. The van der Waals surface area contributed by atoms with E-state index in [2.05, 4.69) is 19.2 Å². The Hall–Kier alpha value is -1.26. The van der Waals surface area contributed by atoms with Crippen molar-refractivity contribution in [1.82, 2.24) is 10.2 Å². The maximum Gasteiger partial charge on any atom is 0.317 e. The van der Waals surface area contributed by atoms with Crippen LogP contribution in [0.25, 0.3) is 0 Å². The Balaban J connectivity index is 2.22. The van der Waals surface area contributed by atoms with Crippen LogP contribution in [-0.4, -0.2) is 41.6 Å². The van der Waals surface area contributed by atoms with Crippen LogP contribution in [0.4, 0.5) is 4.79 Å². The van der Waals surface area contributed by atoms with Gasteiger partial charge >= 0.3 is 12.0 Å². The van der Waals surface area contributed by atoms with E-state index in [0.29, 0.717) is 25.6 Å². The summed E-state index contributed by atoms with van der Waals surface area (Å²) in [5.74, 6) is -0.498. The molecule has 1 fully saturated rings. The van der Waals surface area contributed by atoms with Crippen LogP contribution in [0.2, 0.25) is 0 Å². The second-order valence-corrected chi connectivity index (χ2v) is 5.95. The summed E-state index contributed by atoms with van der Waals surface area (Å²) in [5, 5.41) is 11.9. The SMILES string of the molecule is CC(C)CCCCNC(=O)N1CC(C)C(C(=O)O)C1. The molecule has 0 saturated carbocycles. The van der Waals surface area contributed by atoms with Crippen LogP contribution in [0, 0.1) is 17.8 Å². The number of hydrogen-bond acceptors (Lipinski definition) is 2. The normalized spacial score (nSPS) is 22.8. The number of hydrogen-bond donors (Lipinski definition) is 2. The summed E-state index contributed by atoms with van der Waals surface area (Å²) in [7, 11) is 0. The summed E-state index contributed by atoms with van der Waals surface area (Å²) < 4.78 is 0. The lowest BCUT2D eigenvalue weighted by atomic mass is 9.99. The number of amides is 2. The van der Waals surface area contributed by atoms with Gasteiger partial charge in [-0.15, -0.1) is 0 Å². The van der Waals surface area contributed by atoms with Gasteiger partial charge in [0.05, 0.1) is 5.92 Å². The van der Waals surface area contributed by atoms with Crippen LogP contribution in [-0.2, 0) is 4.79 Å². The van der Waals surface area contributed by atoms with Gasteiger partial charge in [-0.25, -0.2) is 4.79 Å². The number of carbonyl (C=O) groups excluding carboxylic acids is 1. The van der Waals surface area contributed by atoms with Crippen molar-refractivity contribution in [1.29, 1.82) is 0 Å². The van der Waals surface area contributed by atoms with Gasteiger partial charge in [-0.1, -0.05) is 33.6 Å². The maximum atomic E-state index is 11.9. The van der Waals surface area contributed by atoms with Crippen molar-refractivity contribution >= 4 is 12.0 Å². The summed E-state index contributed by atoms with van der Waals surface area (Å²) in [4.78, 5) is 24.5. The minimum Gasteiger partial charge on any atom is -0.481 e. The van der Waals surface area contributed by atoms with Crippen molar-refractivity contribution in [2.75, 3.05) is 19.6 Å². The number of nitrogens with zero attached hydrogens (tertiary/aromatic N) is 1. The minimum absolute atomic E-state index is 0.0317. The monoisotopic (exact) mass is 270 g/mol. The lowest BCUT2D eigenvalue weighted by Crippen LogP contribution is -2.39. The van der Waals surface area contributed by atoms with Crippen LogP contribution in [0.3, 0.4) is 0 Å². The molecule has 19 heavy (non-hydrogen) atoms. The number of unbranched alkanes of at least 4 members (excludes halogenated alkanes) is 1. The molecule has 1 rings (SSSR count). The molecule has 0 radical (unpaired) electrons. The first-order chi connectivity index (χ1) is 8.91.